The van der Waals surface area contributed by atoms with E-state index in [0.29, 0.717) is 5.56 Å². The number of hydrogen-bond donors (Lipinski definition) is 1. The van der Waals surface area contributed by atoms with E-state index >= 15 is 0 Å². The van der Waals surface area contributed by atoms with Gasteiger partial charge in [0.1, 0.15) is 6.33 Å². The Balaban J connectivity index is 2.13. The molecular weight excluding hydrogens is 238 g/mol. The monoisotopic (exact) mass is 251 g/mol. The fourth-order valence-electron chi connectivity index (χ4n) is 2.09. The third-order valence-corrected chi connectivity index (χ3v) is 3.07. The van der Waals surface area contributed by atoms with Gasteiger partial charge in [-0.2, -0.15) is 0 Å². The van der Waals surface area contributed by atoms with E-state index < -0.39 is 0 Å². The molecule has 0 aliphatic carbocycles. The van der Waals surface area contributed by atoms with Crippen molar-refractivity contribution in [3.63, 3.8) is 0 Å². The summed E-state index contributed by atoms with van der Waals surface area (Å²) in [5, 5.41) is 2.61. The van der Waals surface area contributed by atoms with Gasteiger partial charge in [0, 0.05) is 18.3 Å². The number of rotatable bonds is 2. The first-order valence-corrected chi connectivity index (χ1v) is 6.04. The first-order chi connectivity index (χ1) is 9.29. The molecule has 3 aromatic rings. The van der Waals surface area contributed by atoms with Gasteiger partial charge in [-0.15, -0.1) is 0 Å². The Labute approximate surface area is 110 Å². The Bertz CT molecular complexity index is 731. The number of nitrogens with zero attached hydrogens (tertiary/aromatic N) is 2. The van der Waals surface area contributed by atoms with E-state index in [4.69, 9.17) is 0 Å². The highest BCUT2D eigenvalue weighted by Crippen LogP contribution is 2.19. The average Bonchev–Trinajstić information content (AvgIpc) is 2.90. The third kappa shape index (κ3) is 1.97. The van der Waals surface area contributed by atoms with Crippen LogP contribution >= 0.6 is 0 Å². The van der Waals surface area contributed by atoms with Crippen LogP contribution in [-0.4, -0.2) is 22.5 Å². The van der Waals surface area contributed by atoms with Crippen LogP contribution in [0, 0.1) is 0 Å². The summed E-state index contributed by atoms with van der Waals surface area (Å²) in [4.78, 5) is 15.9. The van der Waals surface area contributed by atoms with Crippen molar-refractivity contribution in [3.05, 3.63) is 60.4 Å². The normalized spacial score (nSPS) is 10.6. The van der Waals surface area contributed by atoms with Gasteiger partial charge in [-0.1, -0.05) is 18.2 Å². The van der Waals surface area contributed by atoms with E-state index in [1.165, 1.54) is 0 Å². The molecule has 0 atom stereocenters. The Hall–Kier alpha value is -2.62. The van der Waals surface area contributed by atoms with Crippen LogP contribution < -0.4 is 5.32 Å². The van der Waals surface area contributed by atoms with Crippen molar-refractivity contribution in [2.24, 2.45) is 0 Å². The molecule has 19 heavy (non-hydrogen) atoms. The van der Waals surface area contributed by atoms with Crippen LogP contribution in [0.5, 0.6) is 0 Å². The van der Waals surface area contributed by atoms with Gasteiger partial charge < -0.3 is 5.32 Å². The number of amides is 1. The maximum atomic E-state index is 11.6. The lowest BCUT2D eigenvalue weighted by atomic mass is 10.2. The molecule has 1 N–H and O–H groups in total. The molecule has 0 aliphatic rings. The quantitative estimate of drug-likeness (QED) is 0.760. The van der Waals surface area contributed by atoms with Crippen molar-refractivity contribution in [1.82, 2.24) is 14.9 Å². The zero-order valence-electron chi connectivity index (χ0n) is 10.5. The lowest BCUT2D eigenvalue weighted by molar-refractivity contribution is 0.0963. The molecule has 0 aliphatic heterocycles. The van der Waals surface area contributed by atoms with Crippen LogP contribution in [0.1, 0.15) is 10.4 Å². The molecule has 0 bridgehead atoms. The summed E-state index contributed by atoms with van der Waals surface area (Å²) in [5.74, 6) is -0.101. The lowest BCUT2D eigenvalue weighted by Gasteiger charge is -2.04. The second-order valence-electron chi connectivity index (χ2n) is 4.23. The van der Waals surface area contributed by atoms with Gasteiger partial charge in [0.05, 0.1) is 11.0 Å². The maximum absolute atomic E-state index is 11.6. The third-order valence-electron chi connectivity index (χ3n) is 3.07. The molecule has 1 aromatic heterocycles. The molecule has 4 heteroatoms. The standard InChI is InChI=1S/C15H13N3O/c1-16-15(19)11-7-8-14-13(9-11)17-10-18(14)12-5-3-2-4-6-12/h2-10H,1H3,(H,16,19). The second kappa shape index (κ2) is 4.57. The predicted molar refractivity (Wildman–Crippen MR) is 74.5 cm³/mol. The van der Waals surface area contributed by atoms with Gasteiger partial charge in [0.25, 0.3) is 5.91 Å². The molecule has 3 rings (SSSR count). The van der Waals surface area contributed by atoms with Gasteiger partial charge in [-0.3, -0.25) is 9.36 Å². The highest BCUT2D eigenvalue weighted by molar-refractivity contribution is 5.97. The van der Waals surface area contributed by atoms with E-state index in [0.717, 1.165) is 16.7 Å². The molecular formula is C15H13N3O. The Morgan fingerprint density at radius 2 is 1.95 bits per heavy atom. The van der Waals surface area contributed by atoms with Gasteiger partial charge in [0.15, 0.2) is 0 Å². The van der Waals surface area contributed by atoms with E-state index in [1.54, 1.807) is 19.4 Å². The van der Waals surface area contributed by atoms with Gasteiger partial charge in [0.2, 0.25) is 0 Å². The van der Waals surface area contributed by atoms with Crippen molar-refractivity contribution in [2.75, 3.05) is 7.05 Å². The van der Waals surface area contributed by atoms with Crippen LogP contribution in [0.15, 0.2) is 54.9 Å². The zero-order chi connectivity index (χ0) is 13.2. The number of carbonyl (C=O) groups excluding carboxylic acids is 1. The average molecular weight is 251 g/mol. The molecule has 1 heterocycles. The van der Waals surface area contributed by atoms with Crippen molar-refractivity contribution < 1.29 is 4.79 Å². The van der Waals surface area contributed by atoms with Crippen LogP contribution in [0.4, 0.5) is 0 Å². The largest absolute Gasteiger partial charge is 0.355 e. The summed E-state index contributed by atoms with van der Waals surface area (Å²) in [5.41, 5.74) is 3.47. The number of nitrogens with one attached hydrogen (secondary N) is 1. The Morgan fingerprint density at radius 1 is 1.16 bits per heavy atom. The Kier molecular flexibility index (Phi) is 2.76. The fraction of sp³-hybridized carbons (Fsp3) is 0.0667. The topological polar surface area (TPSA) is 46.9 Å². The Morgan fingerprint density at radius 3 is 2.68 bits per heavy atom. The van der Waals surface area contributed by atoms with Crippen LogP contribution in [-0.2, 0) is 0 Å². The molecule has 0 unspecified atom stereocenters. The summed E-state index contributed by atoms with van der Waals surface area (Å²) in [6.07, 6.45) is 1.77. The van der Waals surface area contributed by atoms with Crippen molar-refractivity contribution in [1.29, 1.82) is 0 Å². The minimum Gasteiger partial charge on any atom is -0.355 e. The highest BCUT2D eigenvalue weighted by atomic mass is 16.1. The van der Waals surface area contributed by atoms with E-state index in [1.807, 2.05) is 47.0 Å². The molecule has 0 saturated heterocycles. The molecule has 0 radical (unpaired) electrons. The van der Waals surface area contributed by atoms with Crippen molar-refractivity contribution >= 4 is 16.9 Å². The number of hydrogen-bond acceptors (Lipinski definition) is 2. The molecule has 4 nitrogen and oxygen atoms in total. The first-order valence-electron chi connectivity index (χ1n) is 6.04. The smallest absolute Gasteiger partial charge is 0.251 e. The van der Waals surface area contributed by atoms with E-state index in [-0.39, 0.29) is 5.91 Å². The molecule has 0 spiro atoms. The van der Waals surface area contributed by atoms with Crippen molar-refractivity contribution in [3.8, 4) is 5.69 Å². The molecule has 1 amide bonds. The molecule has 94 valence electrons. The van der Waals surface area contributed by atoms with Gasteiger partial charge in [-0.25, -0.2) is 4.98 Å². The molecule has 0 saturated carbocycles. The first kappa shape index (κ1) is 11.5. The number of imidazole rings is 1. The fourth-order valence-corrected chi connectivity index (χ4v) is 2.09. The highest BCUT2D eigenvalue weighted by Gasteiger charge is 2.08. The number of para-hydroxylation sites is 1. The van der Waals surface area contributed by atoms with Crippen LogP contribution in [0.3, 0.4) is 0 Å². The zero-order valence-corrected chi connectivity index (χ0v) is 10.5. The lowest BCUT2D eigenvalue weighted by Crippen LogP contribution is -2.17. The summed E-state index contributed by atoms with van der Waals surface area (Å²) in [6.45, 7) is 0. The minimum absolute atomic E-state index is 0.101. The number of carbonyl (C=O) groups is 1. The van der Waals surface area contributed by atoms with Gasteiger partial charge >= 0.3 is 0 Å². The molecule has 2 aromatic carbocycles. The minimum atomic E-state index is -0.101. The summed E-state index contributed by atoms with van der Waals surface area (Å²) in [7, 11) is 1.62. The maximum Gasteiger partial charge on any atom is 0.251 e. The van der Waals surface area contributed by atoms with Crippen LogP contribution in [0.2, 0.25) is 0 Å². The molecule has 0 fully saturated rings. The van der Waals surface area contributed by atoms with Crippen molar-refractivity contribution in [2.45, 2.75) is 0 Å². The van der Waals surface area contributed by atoms with E-state index in [2.05, 4.69) is 10.3 Å². The summed E-state index contributed by atoms with van der Waals surface area (Å²) < 4.78 is 2.00. The number of aromatic nitrogens is 2. The SMILES string of the molecule is CNC(=O)c1ccc2c(c1)ncn2-c1ccccc1. The summed E-state index contributed by atoms with van der Waals surface area (Å²) in [6, 6.07) is 15.5. The summed E-state index contributed by atoms with van der Waals surface area (Å²) >= 11 is 0. The predicted octanol–water partition coefficient (Wildman–Crippen LogP) is 2.39. The van der Waals surface area contributed by atoms with Gasteiger partial charge in [-0.05, 0) is 30.3 Å². The number of fused-ring (bicyclic) bond motifs is 1. The van der Waals surface area contributed by atoms with Crippen LogP contribution in [0.25, 0.3) is 16.7 Å². The van der Waals surface area contributed by atoms with E-state index in [9.17, 15) is 4.79 Å². The number of benzene rings is 2. The second-order valence-corrected chi connectivity index (χ2v) is 4.23.